The van der Waals surface area contributed by atoms with E-state index in [9.17, 15) is 18.0 Å². The van der Waals surface area contributed by atoms with E-state index in [-0.39, 0.29) is 11.3 Å². The van der Waals surface area contributed by atoms with Gasteiger partial charge in [0.2, 0.25) is 0 Å². The van der Waals surface area contributed by atoms with E-state index < -0.39 is 17.6 Å². The molecular formula is C18H13F3N2OS. The molecule has 1 N–H and O–H groups in total. The number of nitrogens with one attached hydrogen (secondary N) is 1. The van der Waals surface area contributed by atoms with Crippen LogP contribution in [0.1, 0.15) is 11.1 Å². The van der Waals surface area contributed by atoms with Gasteiger partial charge in [0.05, 0.1) is 5.56 Å². The topological polar surface area (TPSA) is 52.9 Å². The van der Waals surface area contributed by atoms with E-state index in [1.54, 1.807) is 30.0 Å². The van der Waals surface area contributed by atoms with Crippen LogP contribution in [-0.2, 0) is 11.0 Å². The molecule has 0 saturated heterocycles. The molecule has 0 bridgehead atoms. The van der Waals surface area contributed by atoms with E-state index in [1.807, 2.05) is 18.4 Å². The number of rotatable bonds is 4. The summed E-state index contributed by atoms with van der Waals surface area (Å²) in [6, 6.07) is 13.2. The highest BCUT2D eigenvalue weighted by Gasteiger charge is 2.30. The van der Waals surface area contributed by atoms with Gasteiger partial charge in [-0.05, 0) is 48.2 Å². The van der Waals surface area contributed by atoms with Crippen molar-refractivity contribution < 1.29 is 18.0 Å². The molecule has 0 aliphatic heterocycles. The first kappa shape index (κ1) is 18.6. The number of carbonyl (C=O) groups is 1. The fourth-order valence-electron chi connectivity index (χ4n) is 1.99. The summed E-state index contributed by atoms with van der Waals surface area (Å²) in [4.78, 5) is 13.2. The second kappa shape index (κ2) is 7.90. The third kappa shape index (κ3) is 5.13. The Morgan fingerprint density at radius 2 is 1.88 bits per heavy atom. The first-order chi connectivity index (χ1) is 11.8. The summed E-state index contributed by atoms with van der Waals surface area (Å²) in [6.07, 6.45) is -1.20. The van der Waals surface area contributed by atoms with Crippen molar-refractivity contribution in [2.75, 3.05) is 11.6 Å². The predicted octanol–water partition coefficient (Wildman–Crippen LogP) is 4.97. The maximum atomic E-state index is 12.7. The Balaban J connectivity index is 2.20. The molecule has 2 aromatic carbocycles. The zero-order valence-corrected chi connectivity index (χ0v) is 13.9. The van der Waals surface area contributed by atoms with Gasteiger partial charge in [0.1, 0.15) is 11.6 Å². The standard InChI is InChI=1S/C18H13F3N2OS/c1-25-16-7-5-12(6-8-16)9-13(11-22)17(24)23-15-4-2-3-14(10-15)18(19,20)21/h2-10H,1H3,(H,23,24)/b13-9+. The quantitative estimate of drug-likeness (QED) is 0.474. The highest BCUT2D eigenvalue weighted by atomic mass is 32.2. The van der Waals surface area contributed by atoms with Crippen molar-refractivity contribution in [3.05, 3.63) is 65.2 Å². The summed E-state index contributed by atoms with van der Waals surface area (Å²) in [5, 5.41) is 11.5. The Morgan fingerprint density at radius 1 is 1.20 bits per heavy atom. The first-order valence-corrected chi connectivity index (χ1v) is 8.30. The van der Waals surface area contributed by atoms with Crippen LogP contribution in [0.5, 0.6) is 0 Å². The third-order valence-electron chi connectivity index (χ3n) is 3.24. The number of nitrogens with zero attached hydrogens (tertiary/aromatic N) is 1. The van der Waals surface area contributed by atoms with Gasteiger partial charge in [0, 0.05) is 10.6 Å². The van der Waals surface area contributed by atoms with Crippen molar-refractivity contribution in [2.45, 2.75) is 11.1 Å². The zero-order valence-electron chi connectivity index (χ0n) is 13.1. The van der Waals surface area contributed by atoms with Crippen molar-refractivity contribution in [3.63, 3.8) is 0 Å². The number of anilines is 1. The van der Waals surface area contributed by atoms with E-state index in [2.05, 4.69) is 5.32 Å². The molecule has 7 heteroatoms. The van der Waals surface area contributed by atoms with Crippen molar-refractivity contribution in [3.8, 4) is 6.07 Å². The summed E-state index contributed by atoms with van der Waals surface area (Å²) < 4.78 is 38.1. The molecule has 0 fully saturated rings. The van der Waals surface area contributed by atoms with E-state index >= 15 is 0 Å². The van der Waals surface area contributed by atoms with Crippen LogP contribution >= 0.6 is 11.8 Å². The largest absolute Gasteiger partial charge is 0.416 e. The lowest BCUT2D eigenvalue weighted by Crippen LogP contribution is -2.14. The molecule has 0 spiro atoms. The van der Waals surface area contributed by atoms with Crippen LogP contribution in [0, 0.1) is 11.3 Å². The van der Waals surface area contributed by atoms with E-state index in [0.29, 0.717) is 5.56 Å². The Kier molecular flexibility index (Phi) is 5.88. The van der Waals surface area contributed by atoms with Gasteiger partial charge in [-0.25, -0.2) is 0 Å². The Bertz CT molecular complexity index is 837. The van der Waals surface area contributed by atoms with Gasteiger partial charge in [-0.1, -0.05) is 18.2 Å². The number of carbonyl (C=O) groups excluding carboxylic acids is 1. The number of thioether (sulfide) groups is 1. The summed E-state index contributed by atoms with van der Waals surface area (Å²) in [7, 11) is 0. The van der Waals surface area contributed by atoms with Crippen molar-refractivity contribution in [2.24, 2.45) is 0 Å². The number of hydrogen-bond donors (Lipinski definition) is 1. The molecule has 0 aliphatic carbocycles. The average molecular weight is 362 g/mol. The maximum absolute atomic E-state index is 12.7. The minimum atomic E-state index is -4.51. The minimum Gasteiger partial charge on any atom is -0.321 e. The van der Waals surface area contributed by atoms with Crippen molar-refractivity contribution in [1.29, 1.82) is 5.26 Å². The minimum absolute atomic E-state index is 0.0290. The first-order valence-electron chi connectivity index (χ1n) is 7.08. The van der Waals surface area contributed by atoms with E-state index in [0.717, 1.165) is 17.0 Å². The summed E-state index contributed by atoms with van der Waals surface area (Å²) in [5.74, 6) is -0.768. The Labute approximate surface area is 147 Å². The number of benzene rings is 2. The van der Waals surface area contributed by atoms with Crippen molar-refractivity contribution >= 4 is 29.4 Å². The van der Waals surface area contributed by atoms with Gasteiger partial charge in [0.15, 0.2) is 0 Å². The molecular weight excluding hydrogens is 349 g/mol. The lowest BCUT2D eigenvalue weighted by Gasteiger charge is -2.09. The molecule has 2 aromatic rings. The summed E-state index contributed by atoms with van der Waals surface area (Å²) in [5.41, 5.74) is -0.456. The van der Waals surface area contributed by atoms with E-state index in [4.69, 9.17) is 5.26 Å². The molecule has 0 aromatic heterocycles. The van der Waals surface area contributed by atoms with Crippen LogP contribution < -0.4 is 5.32 Å². The summed E-state index contributed by atoms with van der Waals surface area (Å²) in [6.45, 7) is 0. The Morgan fingerprint density at radius 3 is 2.44 bits per heavy atom. The molecule has 0 unspecified atom stereocenters. The van der Waals surface area contributed by atoms with Gasteiger partial charge in [-0.15, -0.1) is 11.8 Å². The lowest BCUT2D eigenvalue weighted by molar-refractivity contribution is -0.137. The van der Waals surface area contributed by atoms with Crippen LogP contribution in [0.15, 0.2) is 59.0 Å². The number of halogens is 3. The fourth-order valence-corrected chi connectivity index (χ4v) is 2.40. The fraction of sp³-hybridized carbons (Fsp3) is 0.111. The Hall–Kier alpha value is -2.72. The van der Waals surface area contributed by atoms with Gasteiger partial charge >= 0.3 is 6.18 Å². The lowest BCUT2D eigenvalue weighted by atomic mass is 10.1. The normalized spacial score (nSPS) is 11.7. The number of amides is 1. The molecule has 2 rings (SSSR count). The second-order valence-corrected chi connectivity index (χ2v) is 5.86. The van der Waals surface area contributed by atoms with Crippen LogP contribution in [0.3, 0.4) is 0 Å². The van der Waals surface area contributed by atoms with Crippen LogP contribution in [-0.4, -0.2) is 12.2 Å². The third-order valence-corrected chi connectivity index (χ3v) is 3.98. The van der Waals surface area contributed by atoms with Crippen LogP contribution in [0.2, 0.25) is 0 Å². The molecule has 1 amide bonds. The van der Waals surface area contributed by atoms with Gasteiger partial charge in [0.25, 0.3) is 5.91 Å². The van der Waals surface area contributed by atoms with Gasteiger partial charge < -0.3 is 5.32 Å². The number of nitriles is 1. The molecule has 0 atom stereocenters. The highest BCUT2D eigenvalue weighted by molar-refractivity contribution is 7.98. The van der Waals surface area contributed by atoms with Crippen LogP contribution in [0.25, 0.3) is 6.08 Å². The maximum Gasteiger partial charge on any atom is 0.416 e. The van der Waals surface area contributed by atoms with E-state index in [1.165, 1.54) is 18.2 Å². The monoisotopic (exact) mass is 362 g/mol. The number of hydrogen-bond acceptors (Lipinski definition) is 3. The summed E-state index contributed by atoms with van der Waals surface area (Å²) >= 11 is 1.56. The molecule has 0 aliphatic rings. The molecule has 0 radical (unpaired) electrons. The second-order valence-electron chi connectivity index (χ2n) is 4.98. The van der Waals surface area contributed by atoms with Gasteiger partial charge in [-0.2, -0.15) is 18.4 Å². The van der Waals surface area contributed by atoms with Crippen LogP contribution in [0.4, 0.5) is 18.9 Å². The molecule has 128 valence electrons. The van der Waals surface area contributed by atoms with Crippen molar-refractivity contribution in [1.82, 2.24) is 0 Å². The molecule has 0 heterocycles. The van der Waals surface area contributed by atoms with Gasteiger partial charge in [-0.3, -0.25) is 4.79 Å². The zero-order chi connectivity index (χ0) is 18.4. The average Bonchev–Trinajstić information content (AvgIpc) is 2.59. The highest BCUT2D eigenvalue weighted by Crippen LogP contribution is 2.30. The SMILES string of the molecule is CSc1ccc(/C=C(\C#N)C(=O)Nc2cccc(C(F)(F)F)c2)cc1. The molecule has 25 heavy (non-hydrogen) atoms. The molecule has 0 saturated carbocycles. The predicted molar refractivity (Wildman–Crippen MR) is 91.9 cm³/mol. The molecule has 3 nitrogen and oxygen atoms in total. The number of alkyl halides is 3. The smallest absolute Gasteiger partial charge is 0.321 e.